The average molecular weight is 305 g/mol. The van der Waals surface area contributed by atoms with Crippen molar-refractivity contribution in [2.75, 3.05) is 18.9 Å². The molecule has 1 atom stereocenters. The second kappa shape index (κ2) is 6.80. The zero-order valence-electron chi connectivity index (χ0n) is 12.1. The van der Waals surface area contributed by atoms with Crippen LogP contribution in [0.25, 0.3) is 11.3 Å². The predicted molar refractivity (Wildman–Crippen MR) is 85.7 cm³/mol. The van der Waals surface area contributed by atoms with Crippen LogP contribution in [0.5, 0.6) is 0 Å². The number of thiazole rings is 1. The van der Waals surface area contributed by atoms with Crippen LogP contribution in [0.1, 0.15) is 34.7 Å². The molecule has 0 aliphatic rings. The number of benzene rings is 1. The Morgan fingerprint density at radius 2 is 2.10 bits per heavy atom. The lowest BCUT2D eigenvalue weighted by atomic mass is 10.0. The number of nitrogens with two attached hydrogens (primary N) is 1. The third kappa shape index (κ3) is 3.47. The van der Waals surface area contributed by atoms with Gasteiger partial charge in [0, 0.05) is 19.5 Å². The van der Waals surface area contributed by atoms with Crippen LogP contribution >= 0.6 is 11.3 Å². The van der Waals surface area contributed by atoms with Gasteiger partial charge in [0.2, 0.25) is 0 Å². The van der Waals surface area contributed by atoms with Crippen LogP contribution < -0.4 is 11.1 Å². The Morgan fingerprint density at radius 1 is 1.43 bits per heavy atom. The first-order chi connectivity index (χ1) is 10.1. The summed E-state index contributed by atoms with van der Waals surface area (Å²) in [6.45, 7) is 1.98. The number of rotatable bonds is 6. The normalized spacial score (nSPS) is 12.2. The number of carbonyl (C=O) groups is 1. The average Bonchev–Trinajstić information content (AvgIpc) is 2.92. The van der Waals surface area contributed by atoms with Crippen LogP contribution in [0.3, 0.4) is 0 Å². The SMILES string of the molecule is CNc1nc(-c2ccc(C(O)CCN)cc2)c(C(C)=O)s1. The van der Waals surface area contributed by atoms with E-state index in [1.165, 1.54) is 18.3 Å². The van der Waals surface area contributed by atoms with Crippen LogP contribution in [0.2, 0.25) is 0 Å². The van der Waals surface area contributed by atoms with Crippen molar-refractivity contribution < 1.29 is 9.90 Å². The number of carbonyl (C=O) groups excluding carboxylic acids is 1. The number of aliphatic hydroxyl groups excluding tert-OH is 1. The molecule has 112 valence electrons. The maximum Gasteiger partial charge on any atom is 0.183 e. The number of hydrogen-bond donors (Lipinski definition) is 3. The van der Waals surface area contributed by atoms with Gasteiger partial charge in [-0.2, -0.15) is 0 Å². The van der Waals surface area contributed by atoms with E-state index in [0.717, 1.165) is 11.1 Å². The van der Waals surface area contributed by atoms with E-state index in [9.17, 15) is 9.90 Å². The first-order valence-electron chi connectivity index (χ1n) is 6.74. The molecule has 21 heavy (non-hydrogen) atoms. The molecule has 1 unspecified atom stereocenters. The third-order valence-corrected chi connectivity index (χ3v) is 4.34. The molecule has 1 aromatic heterocycles. The van der Waals surface area contributed by atoms with Gasteiger partial charge in [0.15, 0.2) is 10.9 Å². The Hall–Kier alpha value is -1.76. The van der Waals surface area contributed by atoms with Crippen molar-refractivity contribution in [3.05, 3.63) is 34.7 Å². The maximum absolute atomic E-state index is 11.7. The molecule has 0 saturated carbocycles. The van der Waals surface area contributed by atoms with Gasteiger partial charge in [-0.3, -0.25) is 4.79 Å². The Morgan fingerprint density at radius 3 is 2.62 bits per heavy atom. The first kappa shape index (κ1) is 15.6. The van der Waals surface area contributed by atoms with Gasteiger partial charge >= 0.3 is 0 Å². The molecular weight excluding hydrogens is 286 g/mol. The Kier molecular flexibility index (Phi) is 5.06. The lowest BCUT2D eigenvalue weighted by Crippen LogP contribution is -2.06. The smallest absolute Gasteiger partial charge is 0.183 e. The van der Waals surface area contributed by atoms with Crippen molar-refractivity contribution >= 4 is 22.3 Å². The van der Waals surface area contributed by atoms with E-state index < -0.39 is 6.10 Å². The molecule has 5 nitrogen and oxygen atoms in total. The second-order valence-corrected chi connectivity index (χ2v) is 5.72. The summed E-state index contributed by atoms with van der Waals surface area (Å²) in [5.41, 5.74) is 7.80. The van der Waals surface area contributed by atoms with Gasteiger partial charge in [-0.1, -0.05) is 35.6 Å². The predicted octanol–water partition coefficient (Wildman–Crippen LogP) is 2.44. The van der Waals surface area contributed by atoms with E-state index in [1.54, 1.807) is 7.05 Å². The zero-order chi connectivity index (χ0) is 15.4. The molecule has 0 radical (unpaired) electrons. The summed E-state index contributed by atoms with van der Waals surface area (Å²) < 4.78 is 0. The lowest BCUT2D eigenvalue weighted by molar-refractivity contribution is 0.102. The van der Waals surface area contributed by atoms with E-state index in [1.807, 2.05) is 24.3 Å². The molecule has 2 aromatic rings. The summed E-state index contributed by atoms with van der Waals surface area (Å²) in [4.78, 5) is 16.8. The van der Waals surface area contributed by atoms with Gasteiger partial charge in [0.25, 0.3) is 0 Å². The number of ketones is 1. The lowest BCUT2D eigenvalue weighted by Gasteiger charge is -2.10. The van der Waals surface area contributed by atoms with Crippen molar-refractivity contribution in [1.82, 2.24) is 4.98 Å². The van der Waals surface area contributed by atoms with E-state index in [4.69, 9.17) is 5.73 Å². The number of hydrogen-bond acceptors (Lipinski definition) is 6. The Balaban J connectivity index is 2.34. The summed E-state index contributed by atoms with van der Waals surface area (Å²) in [7, 11) is 1.78. The summed E-state index contributed by atoms with van der Waals surface area (Å²) in [5.74, 6) is -0.00348. The molecule has 0 amide bonds. The summed E-state index contributed by atoms with van der Waals surface area (Å²) in [6, 6.07) is 7.43. The minimum absolute atomic E-state index is 0.00348. The zero-order valence-corrected chi connectivity index (χ0v) is 12.9. The van der Waals surface area contributed by atoms with E-state index in [-0.39, 0.29) is 5.78 Å². The molecule has 2 rings (SSSR count). The fourth-order valence-corrected chi connectivity index (χ4v) is 2.89. The van der Waals surface area contributed by atoms with Crippen LogP contribution in [0.15, 0.2) is 24.3 Å². The van der Waals surface area contributed by atoms with Crippen molar-refractivity contribution in [2.45, 2.75) is 19.4 Å². The quantitative estimate of drug-likeness (QED) is 0.713. The molecule has 0 saturated heterocycles. The fourth-order valence-electron chi connectivity index (χ4n) is 2.05. The highest BCUT2D eigenvalue weighted by Crippen LogP contribution is 2.32. The molecule has 0 aliphatic heterocycles. The molecule has 0 aliphatic carbocycles. The third-order valence-electron chi connectivity index (χ3n) is 3.17. The second-order valence-electron chi connectivity index (χ2n) is 4.72. The van der Waals surface area contributed by atoms with Gasteiger partial charge < -0.3 is 16.2 Å². The molecule has 6 heteroatoms. The molecule has 1 heterocycles. The van der Waals surface area contributed by atoms with Crippen LogP contribution in [-0.4, -0.2) is 29.5 Å². The number of aromatic nitrogens is 1. The van der Waals surface area contributed by atoms with Crippen LogP contribution in [0.4, 0.5) is 5.13 Å². The highest BCUT2D eigenvalue weighted by molar-refractivity contribution is 7.18. The van der Waals surface area contributed by atoms with Crippen LogP contribution in [-0.2, 0) is 0 Å². The van der Waals surface area contributed by atoms with E-state index in [0.29, 0.717) is 28.7 Å². The Bertz CT molecular complexity index is 622. The van der Waals surface area contributed by atoms with E-state index in [2.05, 4.69) is 10.3 Å². The molecule has 0 fully saturated rings. The van der Waals surface area contributed by atoms with Gasteiger partial charge in [-0.15, -0.1) is 0 Å². The van der Waals surface area contributed by atoms with Gasteiger partial charge in [-0.05, 0) is 18.5 Å². The van der Waals surface area contributed by atoms with E-state index >= 15 is 0 Å². The van der Waals surface area contributed by atoms with Crippen molar-refractivity contribution in [1.29, 1.82) is 0 Å². The molecular formula is C15H19N3O2S. The minimum atomic E-state index is -0.556. The van der Waals surface area contributed by atoms with Crippen molar-refractivity contribution in [3.8, 4) is 11.3 Å². The summed E-state index contributed by atoms with van der Waals surface area (Å²) in [5, 5.41) is 13.6. The van der Waals surface area contributed by atoms with Crippen LogP contribution in [0, 0.1) is 0 Å². The van der Waals surface area contributed by atoms with Gasteiger partial charge in [0.05, 0.1) is 16.7 Å². The highest BCUT2D eigenvalue weighted by Gasteiger charge is 2.16. The Labute approximate surface area is 127 Å². The number of nitrogens with zero attached hydrogens (tertiary/aromatic N) is 1. The molecule has 0 bridgehead atoms. The summed E-state index contributed by atoms with van der Waals surface area (Å²) in [6.07, 6.45) is -0.0295. The number of aliphatic hydroxyl groups is 1. The largest absolute Gasteiger partial charge is 0.388 e. The number of Topliss-reactive ketones (excluding diaryl/α,β-unsaturated/α-hetero) is 1. The van der Waals surface area contributed by atoms with Gasteiger partial charge in [-0.25, -0.2) is 4.98 Å². The standard InChI is InChI=1S/C15H19N3O2S/c1-9(19)14-13(18-15(17-2)21-14)11-5-3-10(4-6-11)12(20)7-8-16/h3-6,12,20H,7-8,16H2,1-2H3,(H,17,18). The molecule has 0 spiro atoms. The molecule has 4 N–H and O–H groups in total. The fraction of sp³-hybridized carbons (Fsp3) is 0.333. The highest BCUT2D eigenvalue weighted by atomic mass is 32.1. The first-order valence-corrected chi connectivity index (χ1v) is 7.56. The monoisotopic (exact) mass is 305 g/mol. The number of nitrogens with one attached hydrogen (secondary N) is 1. The molecule has 1 aromatic carbocycles. The summed E-state index contributed by atoms with van der Waals surface area (Å²) >= 11 is 1.34. The van der Waals surface area contributed by atoms with Crippen molar-refractivity contribution in [2.24, 2.45) is 5.73 Å². The topological polar surface area (TPSA) is 88.2 Å². The van der Waals surface area contributed by atoms with Gasteiger partial charge in [0.1, 0.15) is 0 Å². The minimum Gasteiger partial charge on any atom is -0.388 e. The van der Waals surface area contributed by atoms with Crippen molar-refractivity contribution in [3.63, 3.8) is 0 Å². The maximum atomic E-state index is 11.7. The number of anilines is 1.